The zero-order valence-corrected chi connectivity index (χ0v) is 7.68. The molecule has 0 bridgehead atoms. The minimum atomic E-state index is -3.11. The Balaban J connectivity index is -0.0000000300. The molecule has 4 nitrogen and oxygen atoms in total. The van der Waals surface area contributed by atoms with Crippen LogP contribution in [-0.2, 0) is 11.4 Å². The van der Waals surface area contributed by atoms with Crippen molar-refractivity contribution in [2.45, 2.75) is 0 Å². The number of allylic oxidation sites excluding steroid dienone is 1. The van der Waals surface area contributed by atoms with E-state index in [1.807, 2.05) is 0 Å². The van der Waals surface area contributed by atoms with E-state index in [4.69, 9.17) is 18.6 Å². The number of hydrogen-bond acceptors (Lipinski definition) is 4. The molecule has 0 unspecified atom stereocenters. The molecule has 0 heterocycles. The quantitative estimate of drug-likeness (QED) is 0.210. The second-order valence-corrected chi connectivity index (χ2v) is 0.946. The summed E-state index contributed by atoms with van der Waals surface area (Å²) in [5.74, 6) is 0. The van der Waals surface area contributed by atoms with Crippen LogP contribution in [0.5, 0.6) is 0 Å². The van der Waals surface area contributed by atoms with Gasteiger partial charge in [-0.3, -0.25) is 4.21 Å². The Hall–Kier alpha value is 0.300. The molecule has 0 amide bonds. The zero-order valence-electron chi connectivity index (χ0n) is 5.86. The maximum absolute atomic E-state index is 8.44. The molecular weight excluding hydrogens is 153 g/mol. The van der Waals surface area contributed by atoms with Gasteiger partial charge < -0.3 is 9.11 Å². The molecule has 0 aliphatic heterocycles. The number of nitrogens with zero attached hydrogens (tertiary/aromatic N) is 1. The summed E-state index contributed by atoms with van der Waals surface area (Å²) in [4.78, 5) is 0. The largest absolute Gasteiger partial charge is 1.00 e. The van der Waals surface area contributed by atoms with Crippen LogP contribution in [0.15, 0.2) is 12.7 Å². The van der Waals surface area contributed by atoms with Crippen molar-refractivity contribution < 1.29 is 44.3 Å². The van der Waals surface area contributed by atoms with Crippen LogP contribution >= 0.6 is 0 Å². The number of nitriles is 1. The van der Waals surface area contributed by atoms with Gasteiger partial charge in [0.05, 0.1) is 6.07 Å². The van der Waals surface area contributed by atoms with Crippen LogP contribution in [0.2, 0.25) is 0 Å². The van der Waals surface area contributed by atoms with E-state index in [1.165, 1.54) is 6.08 Å². The Morgan fingerprint density at radius 1 is 1.78 bits per heavy atom. The van der Waals surface area contributed by atoms with Crippen molar-refractivity contribution >= 4 is 11.4 Å². The molecule has 0 aromatic carbocycles. The van der Waals surface area contributed by atoms with E-state index in [9.17, 15) is 0 Å². The Morgan fingerprint density at radius 2 is 1.89 bits per heavy atom. The normalized spacial score (nSPS) is 5.56. The molecule has 0 saturated heterocycles. The fourth-order valence-electron chi connectivity index (χ4n) is 0. The molecule has 0 rings (SSSR count). The van der Waals surface area contributed by atoms with Crippen LogP contribution < -0.4 is 29.6 Å². The molecule has 0 aromatic heterocycles. The van der Waals surface area contributed by atoms with Gasteiger partial charge in [-0.15, -0.1) is 11.4 Å². The van der Waals surface area contributed by atoms with Gasteiger partial charge in [0.25, 0.3) is 0 Å². The smallest absolute Gasteiger partial charge is 0.784 e. The second-order valence-electron chi connectivity index (χ2n) is 0.537. The molecule has 6 heteroatoms. The average Bonchev–Trinajstić information content (AvgIpc) is 1.65. The van der Waals surface area contributed by atoms with Crippen LogP contribution in [0, 0.1) is 11.3 Å². The fraction of sp³-hybridized carbons (Fsp3) is 0. The van der Waals surface area contributed by atoms with Gasteiger partial charge in [-0.2, -0.15) is 5.26 Å². The van der Waals surface area contributed by atoms with Gasteiger partial charge in [0.15, 0.2) is 0 Å². The van der Waals surface area contributed by atoms with Crippen molar-refractivity contribution in [2.24, 2.45) is 0 Å². The maximum atomic E-state index is 8.44. The average molecular weight is 157 g/mol. The van der Waals surface area contributed by atoms with Crippen molar-refractivity contribution in [1.29, 1.82) is 5.26 Å². The van der Waals surface area contributed by atoms with E-state index in [-0.39, 0.29) is 31.0 Å². The van der Waals surface area contributed by atoms with Crippen LogP contribution in [-0.4, -0.2) is 13.3 Å². The molecular formula is C3H4NNaO3S. The summed E-state index contributed by atoms with van der Waals surface area (Å²) >= 11 is -3.11. The first kappa shape index (κ1) is 16.1. The van der Waals surface area contributed by atoms with Crippen LogP contribution in [0.25, 0.3) is 0 Å². The van der Waals surface area contributed by atoms with Crippen molar-refractivity contribution in [3.63, 3.8) is 0 Å². The fourth-order valence-corrected chi connectivity index (χ4v) is 0. The summed E-state index contributed by atoms with van der Waals surface area (Å²) in [6.45, 7) is 3.12. The van der Waals surface area contributed by atoms with Gasteiger partial charge >= 0.3 is 31.0 Å². The van der Waals surface area contributed by atoms with Crippen molar-refractivity contribution in [2.75, 3.05) is 0 Å². The van der Waals surface area contributed by atoms with Gasteiger partial charge in [-0.05, 0) is 0 Å². The summed E-state index contributed by atoms with van der Waals surface area (Å²) in [7, 11) is 0. The van der Waals surface area contributed by atoms with E-state index in [1.54, 1.807) is 6.07 Å². The SMILES string of the molecule is C=CC#N.O=S([O-])[O-].[H+].[Na+]. The Labute approximate surface area is 79.5 Å². The first-order valence-corrected chi connectivity index (χ1v) is 2.42. The molecule has 0 spiro atoms. The molecule has 0 fully saturated rings. The van der Waals surface area contributed by atoms with Gasteiger partial charge in [-0.1, -0.05) is 6.58 Å². The number of rotatable bonds is 0. The predicted molar refractivity (Wildman–Crippen MR) is 26.6 cm³/mol. The first-order chi connectivity index (χ1) is 3.65. The minimum absolute atomic E-state index is 0. The van der Waals surface area contributed by atoms with Gasteiger partial charge in [0, 0.05) is 6.08 Å². The molecule has 9 heavy (non-hydrogen) atoms. The molecule has 0 atom stereocenters. The molecule has 0 saturated carbocycles. The summed E-state index contributed by atoms with van der Waals surface area (Å²) in [6.07, 6.45) is 1.18. The van der Waals surface area contributed by atoms with Gasteiger partial charge in [0.2, 0.25) is 0 Å². The Morgan fingerprint density at radius 3 is 1.89 bits per heavy atom. The van der Waals surface area contributed by atoms with Gasteiger partial charge in [0.1, 0.15) is 0 Å². The van der Waals surface area contributed by atoms with Crippen molar-refractivity contribution in [3.05, 3.63) is 12.7 Å². The molecule has 0 aliphatic rings. The van der Waals surface area contributed by atoms with Crippen LogP contribution in [0.3, 0.4) is 0 Å². The third-order valence-electron chi connectivity index (χ3n) is 0.0913. The minimum Gasteiger partial charge on any atom is -0.784 e. The molecule has 0 radical (unpaired) electrons. The Kier molecular flexibility index (Phi) is 28.2. The molecule has 0 aromatic rings. The van der Waals surface area contributed by atoms with Gasteiger partial charge in [-0.25, -0.2) is 0 Å². The summed E-state index contributed by atoms with van der Waals surface area (Å²) in [6, 6.07) is 1.69. The topological polar surface area (TPSA) is 87.0 Å². The monoisotopic (exact) mass is 157 g/mol. The first-order valence-electron chi connectivity index (χ1n) is 1.42. The third kappa shape index (κ3) is 195. The van der Waals surface area contributed by atoms with E-state index in [0.717, 1.165) is 0 Å². The maximum Gasteiger partial charge on any atom is 1.00 e. The molecule has 46 valence electrons. The van der Waals surface area contributed by atoms with E-state index < -0.39 is 11.4 Å². The summed E-state index contributed by atoms with van der Waals surface area (Å²) < 4.78 is 25.3. The van der Waals surface area contributed by atoms with Crippen LogP contribution in [0.4, 0.5) is 0 Å². The predicted octanol–water partition coefficient (Wildman–Crippen LogP) is -3.19. The van der Waals surface area contributed by atoms with E-state index in [0.29, 0.717) is 0 Å². The molecule has 0 N–H and O–H groups in total. The summed E-state index contributed by atoms with van der Waals surface area (Å²) in [5.41, 5.74) is 0. The Bertz CT molecular complexity index is 121. The van der Waals surface area contributed by atoms with Crippen molar-refractivity contribution in [3.8, 4) is 6.07 Å². The second kappa shape index (κ2) is 15.7. The third-order valence-corrected chi connectivity index (χ3v) is 0.0913. The summed E-state index contributed by atoms with van der Waals surface area (Å²) in [5, 5.41) is 7.51. The van der Waals surface area contributed by atoms with Crippen molar-refractivity contribution in [1.82, 2.24) is 0 Å². The van der Waals surface area contributed by atoms with Crippen LogP contribution in [0.1, 0.15) is 1.43 Å². The van der Waals surface area contributed by atoms with E-state index in [2.05, 4.69) is 6.58 Å². The zero-order chi connectivity index (χ0) is 6.99. The number of hydrogen-bond donors (Lipinski definition) is 0. The standard InChI is InChI=1S/C3H3N.Na.H2O3S/c1-2-3-4;;1-4(2)3/h2H,1H2;;(H2,1,2,3)/q;+1;/p-1. The van der Waals surface area contributed by atoms with E-state index >= 15 is 0 Å². The molecule has 0 aliphatic carbocycles.